The van der Waals surface area contributed by atoms with Crippen LogP contribution in [0.1, 0.15) is 30.1 Å². The Morgan fingerprint density at radius 2 is 1.78 bits per heavy atom. The van der Waals surface area contributed by atoms with Crippen molar-refractivity contribution in [2.24, 2.45) is 0 Å². The lowest BCUT2D eigenvalue weighted by Gasteiger charge is -2.23. The monoisotopic (exact) mass is 463 g/mol. The number of nitriles is 1. The molecule has 0 spiro atoms. The van der Waals surface area contributed by atoms with Crippen molar-refractivity contribution in [2.45, 2.75) is 31.2 Å². The van der Waals surface area contributed by atoms with Crippen LogP contribution in [0.2, 0.25) is 0 Å². The predicted octanol–water partition coefficient (Wildman–Crippen LogP) is 3.59. The van der Waals surface area contributed by atoms with Crippen LogP contribution in [0.4, 0.5) is 19.0 Å². The molecule has 1 fully saturated rings. The number of halogens is 3. The smallest absolute Gasteiger partial charge is 0.429 e. The molecule has 2 aromatic carbocycles. The van der Waals surface area contributed by atoms with Gasteiger partial charge in [-0.25, -0.2) is 9.97 Å². The predicted molar refractivity (Wildman–Crippen MR) is 109 cm³/mol. The number of hydrogen-bond acceptors (Lipinski definition) is 6. The van der Waals surface area contributed by atoms with Gasteiger partial charge in [-0.15, -0.1) is 0 Å². The van der Waals surface area contributed by atoms with Crippen LogP contribution in [0.3, 0.4) is 0 Å². The second kappa shape index (κ2) is 8.25. The molecule has 32 heavy (non-hydrogen) atoms. The highest BCUT2D eigenvalue weighted by Gasteiger charge is 2.44. The Morgan fingerprint density at radius 1 is 1.09 bits per heavy atom. The summed E-state index contributed by atoms with van der Waals surface area (Å²) >= 11 is 0. The van der Waals surface area contributed by atoms with Crippen LogP contribution in [0.5, 0.6) is 5.88 Å². The Morgan fingerprint density at radius 3 is 2.41 bits per heavy atom. The minimum atomic E-state index is -4.89. The Kier molecular flexibility index (Phi) is 5.62. The number of hydrogen-bond donors (Lipinski definition) is 2. The highest BCUT2D eigenvalue weighted by molar-refractivity contribution is 7.90. The number of para-hydroxylation sites is 2. The Balaban J connectivity index is 1.77. The van der Waals surface area contributed by atoms with Gasteiger partial charge in [0.15, 0.2) is 0 Å². The largest absolute Gasteiger partial charge is 0.457 e. The molecular weight excluding hydrogens is 447 g/mol. The van der Waals surface area contributed by atoms with Crippen molar-refractivity contribution in [3.8, 4) is 11.9 Å². The van der Waals surface area contributed by atoms with Gasteiger partial charge in [-0.1, -0.05) is 24.3 Å². The molecule has 0 amide bonds. The molecule has 1 aromatic heterocycles. The fraction of sp³-hybridized carbons (Fsp3) is 0.250. The number of nitrogens with zero attached hydrogens (tertiary/aromatic N) is 3. The van der Waals surface area contributed by atoms with Gasteiger partial charge >= 0.3 is 16.4 Å². The first-order chi connectivity index (χ1) is 15.1. The molecule has 1 aliphatic carbocycles. The van der Waals surface area contributed by atoms with Crippen molar-refractivity contribution in [2.75, 3.05) is 4.72 Å². The lowest BCUT2D eigenvalue weighted by atomic mass is 10.1. The molecule has 1 saturated carbocycles. The zero-order valence-electron chi connectivity index (χ0n) is 16.3. The maximum absolute atomic E-state index is 13.9. The fourth-order valence-corrected chi connectivity index (χ4v) is 4.04. The summed E-state index contributed by atoms with van der Waals surface area (Å²) < 4.78 is 76.1. The average Bonchev–Trinajstić information content (AvgIpc) is 3.54. The number of rotatable bonds is 7. The molecule has 8 nitrogen and oxygen atoms in total. The molecule has 1 aliphatic rings. The van der Waals surface area contributed by atoms with Gasteiger partial charge in [-0.2, -0.15) is 31.6 Å². The molecule has 0 saturated heterocycles. The van der Waals surface area contributed by atoms with Gasteiger partial charge in [0.2, 0.25) is 11.9 Å². The maximum Gasteiger partial charge on any atom is 0.429 e. The number of ether oxygens (including phenoxy) is 1. The summed E-state index contributed by atoms with van der Waals surface area (Å²) in [5, 5.41) is 9.03. The molecule has 3 aromatic rings. The molecule has 166 valence electrons. The van der Waals surface area contributed by atoms with Crippen LogP contribution >= 0.6 is 0 Å². The molecule has 12 heteroatoms. The minimum absolute atomic E-state index is 0.0134. The van der Waals surface area contributed by atoms with Crippen LogP contribution in [-0.4, -0.2) is 30.6 Å². The normalized spacial score (nSPS) is 15.2. The SMILES string of the molecule is N#Cc1cccc(C(Oc2nc3ccccc3nc2NS(=O)(=O)NC2CC2)C(F)(F)F)c1. The number of alkyl halides is 3. The number of aromatic nitrogens is 2. The van der Waals surface area contributed by atoms with Crippen molar-refractivity contribution in [3.63, 3.8) is 0 Å². The molecule has 1 unspecified atom stereocenters. The highest BCUT2D eigenvalue weighted by atomic mass is 32.2. The van der Waals surface area contributed by atoms with Gasteiger partial charge in [0.05, 0.1) is 22.7 Å². The molecule has 2 N–H and O–H groups in total. The summed E-state index contributed by atoms with van der Waals surface area (Å²) in [6.07, 6.45) is -6.06. The molecule has 1 atom stereocenters. The lowest BCUT2D eigenvalue weighted by molar-refractivity contribution is -0.198. The molecule has 1 heterocycles. The summed E-state index contributed by atoms with van der Waals surface area (Å²) in [6.45, 7) is 0. The number of benzene rings is 2. The second-order valence-electron chi connectivity index (χ2n) is 7.14. The third-order valence-corrected chi connectivity index (χ3v) is 5.62. The Bertz CT molecular complexity index is 1300. The molecular formula is C20H16F3N5O3S. The van der Waals surface area contributed by atoms with Crippen LogP contribution in [0.15, 0.2) is 48.5 Å². The fourth-order valence-electron chi connectivity index (χ4n) is 2.92. The van der Waals surface area contributed by atoms with E-state index in [4.69, 9.17) is 10.00 Å². The minimum Gasteiger partial charge on any atom is -0.457 e. The average molecular weight is 463 g/mol. The summed E-state index contributed by atoms with van der Waals surface area (Å²) in [7, 11) is -4.12. The Labute approximate surface area is 181 Å². The van der Waals surface area contributed by atoms with Crippen LogP contribution < -0.4 is 14.2 Å². The number of nitrogens with one attached hydrogen (secondary N) is 2. The van der Waals surface area contributed by atoms with E-state index in [1.165, 1.54) is 24.3 Å². The Hall–Kier alpha value is -3.43. The summed E-state index contributed by atoms with van der Waals surface area (Å²) in [5.41, 5.74) is 0.155. The van der Waals surface area contributed by atoms with E-state index in [1.54, 1.807) is 18.2 Å². The van der Waals surface area contributed by atoms with Crippen LogP contribution in [0, 0.1) is 11.3 Å². The lowest BCUT2D eigenvalue weighted by Crippen LogP contribution is -2.33. The van der Waals surface area contributed by atoms with Crippen molar-refractivity contribution in [3.05, 3.63) is 59.7 Å². The van der Waals surface area contributed by atoms with Gasteiger partial charge in [0.1, 0.15) is 0 Å². The summed E-state index contributed by atoms with van der Waals surface area (Å²) in [4.78, 5) is 8.18. The number of fused-ring (bicyclic) bond motifs is 1. The second-order valence-corrected chi connectivity index (χ2v) is 8.59. The topological polar surface area (TPSA) is 117 Å². The summed E-state index contributed by atoms with van der Waals surface area (Å²) in [5.74, 6) is -1.13. The molecule has 4 rings (SSSR count). The van der Waals surface area contributed by atoms with Crippen molar-refractivity contribution in [1.82, 2.24) is 14.7 Å². The molecule has 0 radical (unpaired) electrons. The van der Waals surface area contributed by atoms with Gasteiger partial charge in [0.25, 0.3) is 5.88 Å². The van der Waals surface area contributed by atoms with E-state index in [0.29, 0.717) is 12.8 Å². The van der Waals surface area contributed by atoms with E-state index >= 15 is 0 Å². The van der Waals surface area contributed by atoms with Crippen LogP contribution in [-0.2, 0) is 10.2 Å². The first-order valence-corrected chi connectivity index (χ1v) is 10.9. The van der Waals surface area contributed by atoms with Gasteiger partial charge in [-0.05, 0) is 37.1 Å². The number of anilines is 1. The van der Waals surface area contributed by atoms with Crippen molar-refractivity contribution >= 4 is 27.1 Å². The standard InChI is InChI=1S/C20H16F3N5O3S/c21-20(22,23)17(13-5-3-4-12(10-13)11-24)31-19-18(28-32(29,30)27-14-8-9-14)25-15-6-1-2-7-16(15)26-19/h1-7,10,14,17,27H,8-9H2,(H,25,28). The third kappa shape index (κ3) is 5.06. The van der Waals surface area contributed by atoms with E-state index in [9.17, 15) is 21.6 Å². The van der Waals surface area contributed by atoms with E-state index in [2.05, 4.69) is 19.4 Å². The van der Waals surface area contributed by atoms with E-state index in [1.807, 2.05) is 0 Å². The third-order valence-electron chi connectivity index (χ3n) is 4.51. The molecule has 0 bridgehead atoms. The van der Waals surface area contributed by atoms with Crippen LogP contribution in [0.25, 0.3) is 11.0 Å². The van der Waals surface area contributed by atoms with E-state index in [-0.39, 0.29) is 28.2 Å². The van der Waals surface area contributed by atoms with Gasteiger partial charge < -0.3 is 4.74 Å². The van der Waals surface area contributed by atoms with Crippen molar-refractivity contribution in [1.29, 1.82) is 5.26 Å². The first-order valence-electron chi connectivity index (χ1n) is 9.45. The summed E-state index contributed by atoms with van der Waals surface area (Å²) in [6, 6.07) is 12.7. The van der Waals surface area contributed by atoms with Gasteiger partial charge in [0, 0.05) is 11.6 Å². The molecule has 0 aliphatic heterocycles. The van der Waals surface area contributed by atoms with E-state index < -0.39 is 34.2 Å². The zero-order valence-corrected chi connectivity index (χ0v) is 17.1. The quantitative estimate of drug-likeness (QED) is 0.553. The van der Waals surface area contributed by atoms with Gasteiger partial charge in [-0.3, -0.25) is 4.72 Å². The van der Waals surface area contributed by atoms with Crippen molar-refractivity contribution < 1.29 is 26.3 Å². The zero-order chi connectivity index (χ0) is 22.9. The highest BCUT2D eigenvalue weighted by Crippen LogP contribution is 2.39. The first kappa shape index (κ1) is 21.8. The van der Waals surface area contributed by atoms with E-state index in [0.717, 1.165) is 12.1 Å². The maximum atomic E-state index is 13.9.